The average Bonchev–Trinajstić information content (AvgIpc) is 2.32. The van der Waals surface area contributed by atoms with E-state index in [-0.39, 0.29) is 11.8 Å². The zero-order valence-corrected chi connectivity index (χ0v) is 9.43. The number of para-hydroxylation sites is 1. The molecule has 1 aromatic carbocycles. The van der Waals surface area contributed by atoms with Gasteiger partial charge in [0.05, 0.1) is 11.3 Å². The average molecular weight is 218 g/mol. The van der Waals surface area contributed by atoms with Gasteiger partial charge >= 0.3 is 0 Å². The first-order valence-corrected chi connectivity index (χ1v) is 5.22. The van der Waals surface area contributed by atoms with Gasteiger partial charge in [0, 0.05) is 27.1 Å². The first-order chi connectivity index (χ1) is 7.61. The van der Waals surface area contributed by atoms with E-state index in [1.54, 1.807) is 36.0 Å². The van der Waals surface area contributed by atoms with Crippen LogP contribution >= 0.6 is 0 Å². The Bertz CT molecular complexity index is 442. The van der Waals surface area contributed by atoms with Crippen LogP contribution in [0.2, 0.25) is 0 Å². The van der Waals surface area contributed by atoms with E-state index in [4.69, 9.17) is 0 Å². The number of nitrogens with zero attached hydrogens (tertiary/aromatic N) is 2. The van der Waals surface area contributed by atoms with Crippen LogP contribution in [0.15, 0.2) is 24.3 Å². The maximum Gasteiger partial charge on any atom is 0.255 e. The van der Waals surface area contributed by atoms with Gasteiger partial charge in [-0.15, -0.1) is 0 Å². The smallest absolute Gasteiger partial charge is 0.255 e. The summed E-state index contributed by atoms with van der Waals surface area (Å²) in [5.74, 6) is 0.00162. The number of anilines is 1. The summed E-state index contributed by atoms with van der Waals surface area (Å²) in [6.45, 7) is 0.469. The van der Waals surface area contributed by atoms with Crippen LogP contribution in [0.5, 0.6) is 0 Å². The summed E-state index contributed by atoms with van der Waals surface area (Å²) < 4.78 is 0. The van der Waals surface area contributed by atoms with Crippen molar-refractivity contribution in [1.82, 2.24) is 4.90 Å². The molecule has 1 aliphatic rings. The molecule has 0 unspecified atom stereocenters. The van der Waals surface area contributed by atoms with E-state index in [0.29, 0.717) is 24.2 Å². The molecule has 1 aromatic rings. The lowest BCUT2D eigenvalue weighted by molar-refractivity contribution is -0.118. The minimum Gasteiger partial charge on any atom is -0.341 e. The molecule has 0 saturated heterocycles. The van der Waals surface area contributed by atoms with Gasteiger partial charge in [-0.2, -0.15) is 0 Å². The highest BCUT2D eigenvalue weighted by Gasteiger charge is 2.24. The maximum absolute atomic E-state index is 12.0. The number of carbonyl (C=O) groups is 2. The van der Waals surface area contributed by atoms with Crippen LogP contribution in [0.1, 0.15) is 16.8 Å². The van der Waals surface area contributed by atoms with Crippen LogP contribution in [0, 0.1) is 0 Å². The van der Waals surface area contributed by atoms with Crippen molar-refractivity contribution in [3.8, 4) is 0 Å². The van der Waals surface area contributed by atoms with Crippen molar-refractivity contribution >= 4 is 17.5 Å². The van der Waals surface area contributed by atoms with E-state index >= 15 is 0 Å². The van der Waals surface area contributed by atoms with Gasteiger partial charge in [0.1, 0.15) is 0 Å². The van der Waals surface area contributed by atoms with Crippen molar-refractivity contribution < 1.29 is 9.59 Å². The van der Waals surface area contributed by atoms with Crippen molar-refractivity contribution in [2.75, 3.05) is 25.5 Å². The predicted molar refractivity (Wildman–Crippen MR) is 61.4 cm³/mol. The Morgan fingerprint density at radius 1 is 1.12 bits per heavy atom. The molecular weight excluding hydrogens is 204 g/mol. The zero-order valence-electron chi connectivity index (χ0n) is 9.43. The van der Waals surface area contributed by atoms with E-state index in [1.807, 2.05) is 12.1 Å². The van der Waals surface area contributed by atoms with Gasteiger partial charge in [-0.05, 0) is 12.1 Å². The highest BCUT2D eigenvalue weighted by molar-refractivity contribution is 6.05. The molecule has 0 radical (unpaired) electrons. The van der Waals surface area contributed by atoms with Crippen LogP contribution < -0.4 is 4.90 Å². The number of carbonyl (C=O) groups excluding carboxylic acids is 2. The van der Waals surface area contributed by atoms with Gasteiger partial charge < -0.3 is 9.80 Å². The monoisotopic (exact) mass is 218 g/mol. The summed E-state index contributed by atoms with van der Waals surface area (Å²) in [6, 6.07) is 7.19. The number of benzene rings is 1. The third-order valence-electron chi connectivity index (χ3n) is 2.88. The second-order valence-corrected chi connectivity index (χ2v) is 3.95. The molecule has 0 atom stereocenters. The van der Waals surface area contributed by atoms with Crippen LogP contribution in [0.3, 0.4) is 0 Å². The third kappa shape index (κ3) is 1.66. The van der Waals surface area contributed by atoms with E-state index < -0.39 is 0 Å². The van der Waals surface area contributed by atoms with Gasteiger partial charge in [0.15, 0.2) is 0 Å². The van der Waals surface area contributed by atoms with Crippen LogP contribution in [-0.2, 0) is 4.79 Å². The number of amides is 2. The molecular formula is C12H14N2O2. The fourth-order valence-corrected chi connectivity index (χ4v) is 1.82. The normalized spacial score (nSPS) is 16.9. The lowest BCUT2D eigenvalue weighted by atomic mass is 10.1. The standard InChI is InChI=1S/C12H14N2O2/c1-13-8-7-11(15)14(2)10-6-4-3-5-9(10)12(13)16/h3-6H,7-8H2,1-2H3. The summed E-state index contributed by atoms with van der Waals surface area (Å²) >= 11 is 0. The lowest BCUT2D eigenvalue weighted by Gasteiger charge is -2.27. The minimum absolute atomic E-state index is 0.0325. The van der Waals surface area contributed by atoms with Gasteiger partial charge in [0.2, 0.25) is 5.91 Å². The molecule has 1 heterocycles. The number of rotatable bonds is 0. The number of hydrogen-bond acceptors (Lipinski definition) is 2. The predicted octanol–water partition coefficient (Wildman–Crippen LogP) is 1.13. The molecule has 0 saturated carbocycles. The topological polar surface area (TPSA) is 40.6 Å². The quantitative estimate of drug-likeness (QED) is 0.655. The molecule has 0 spiro atoms. The van der Waals surface area contributed by atoms with Crippen LogP contribution in [-0.4, -0.2) is 37.4 Å². The Balaban J connectivity index is 2.54. The Kier molecular flexibility index (Phi) is 2.64. The van der Waals surface area contributed by atoms with Crippen molar-refractivity contribution in [2.24, 2.45) is 0 Å². The molecule has 2 rings (SSSR count). The molecule has 0 aliphatic carbocycles. The highest BCUT2D eigenvalue weighted by atomic mass is 16.2. The molecule has 2 amide bonds. The lowest BCUT2D eigenvalue weighted by Crippen LogP contribution is -2.38. The molecule has 0 N–H and O–H groups in total. The molecule has 1 aliphatic heterocycles. The largest absolute Gasteiger partial charge is 0.341 e. The van der Waals surface area contributed by atoms with Gasteiger partial charge in [-0.3, -0.25) is 9.59 Å². The van der Waals surface area contributed by atoms with E-state index in [1.165, 1.54) is 0 Å². The Morgan fingerprint density at radius 2 is 1.81 bits per heavy atom. The van der Waals surface area contributed by atoms with Crippen molar-refractivity contribution in [3.05, 3.63) is 29.8 Å². The second-order valence-electron chi connectivity index (χ2n) is 3.95. The molecule has 4 nitrogen and oxygen atoms in total. The molecule has 4 heteroatoms. The molecule has 0 fully saturated rings. The summed E-state index contributed by atoms with van der Waals surface area (Å²) in [5.41, 5.74) is 1.27. The molecule has 84 valence electrons. The van der Waals surface area contributed by atoms with Crippen molar-refractivity contribution in [2.45, 2.75) is 6.42 Å². The number of fused-ring (bicyclic) bond motifs is 1. The first-order valence-electron chi connectivity index (χ1n) is 5.22. The Hall–Kier alpha value is -1.84. The van der Waals surface area contributed by atoms with E-state index in [9.17, 15) is 9.59 Å². The van der Waals surface area contributed by atoms with Crippen LogP contribution in [0.4, 0.5) is 5.69 Å². The van der Waals surface area contributed by atoms with Gasteiger partial charge in [-0.1, -0.05) is 12.1 Å². The third-order valence-corrected chi connectivity index (χ3v) is 2.88. The van der Waals surface area contributed by atoms with E-state index in [0.717, 1.165) is 0 Å². The summed E-state index contributed by atoms with van der Waals surface area (Å²) in [4.78, 5) is 26.9. The minimum atomic E-state index is -0.0325. The summed E-state index contributed by atoms with van der Waals surface area (Å²) in [7, 11) is 3.43. The molecule has 0 aromatic heterocycles. The number of hydrogen-bond donors (Lipinski definition) is 0. The fourth-order valence-electron chi connectivity index (χ4n) is 1.82. The fraction of sp³-hybridized carbons (Fsp3) is 0.333. The summed E-state index contributed by atoms with van der Waals surface area (Å²) in [5, 5.41) is 0. The van der Waals surface area contributed by atoms with Crippen LogP contribution in [0.25, 0.3) is 0 Å². The second kappa shape index (κ2) is 3.96. The molecule has 16 heavy (non-hydrogen) atoms. The SMILES string of the molecule is CN1CCC(=O)N(C)c2ccccc2C1=O. The zero-order chi connectivity index (χ0) is 11.7. The Morgan fingerprint density at radius 3 is 2.56 bits per heavy atom. The summed E-state index contributed by atoms with van der Waals surface area (Å²) in [6.07, 6.45) is 0.368. The Labute approximate surface area is 94.5 Å². The highest BCUT2D eigenvalue weighted by Crippen LogP contribution is 2.23. The van der Waals surface area contributed by atoms with Crippen molar-refractivity contribution in [3.63, 3.8) is 0 Å². The van der Waals surface area contributed by atoms with Crippen molar-refractivity contribution in [1.29, 1.82) is 0 Å². The molecule has 0 bridgehead atoms. The maximum atomic E-state index is 12.0. The first kappa shape index (κ1) is 10.7. The van der Waals surface area contributed by atoms with E-state index in [2.05, 4.69) is 0 Å². The van der Waals surface area contributed by atoms with Gasteiger partial charge in [-0.25, -0.2) is 0 Å². The van der Waals surface area contributed by atoms with Gasteiger partial charge in [0.25, 0.3) is 5.91 Å².